The molecule has 0 N–H and O–H groups in total. The summed E-state index contributed by atoms with van der Waals surface area (Å²) in [6, 6.07) is 9.85. The monoisotopic (exact) mass is 479 g/mol. The molecule has 0 unspecified atom stereocenters. The Morgan fingerprint density at radius 1 is 1.00 bits per heavy atom. The predicted octanol–water partition coefficient (Wildman–Crippen LogP) is 1.88. The summed E-state index contributed by atoms with van der Waals surface area (Å²) in [7, 11) is 0. The maximum Gasteiger partial charge on any atom is 0.254 e. The molecule has 1 aromatic carbocycles. The number of ether oxygens (including phenoxy) is 1. The van der Waals surface area contributed by atoms with Crippen LogP contribution in [0.4, 0.5) is 11.5 Å². The Bertz CT molecular complexity index is 804. The van der Waals surface area contributed by atoms with Crippen LogP contribution >= 0.6 is 22.6 Å². The molecule has 0 radical (unpaired) electrons. The number of nitrogens with zero attached hydrogens (tertiary/aromatic N) is 5. The molecule has 27 heavy (non-hydrogen) atoms. The Morgan fingerprint density at radius 3 is 2.52 bits per heavy atom. The van der Waals surface area contributed by atoms with Crippen LogP contribution in [-0.2, 0) is 4.74 Å². The van der Waals surface area contributed by atoms with Crippen molar-refractivity contribution in [2.45, 2.75) is 0 Å². The Morgan fingerprint density at radius 2 is 1.78 bits per heavy atom. The molecule has 0 aliphatic carbocycles. The van der Waals surface area contributed by atoms with Gasteiger partial charge in [0.05, 0.1) is 25.1 Å². The summed E-state index contributed by atoms with van der Waals surface area (Å²) < 4.78 is 6.49. The molecule has 4 rings (SSSR count). The maximum absolute atomic E-state index is 12.7. The second-order valence-electron chi connectivity index (χ2n) is 6.66. The first kappa shape index (κ1) is 18.4. The Kier molecular flexibility index (Phi) is 5.72. The van der Waals surface area contributed by atoms with Crippen LogP contribution in [0.1, 0.15) is 10.4 Å². The summed E-state index contributed by atoms with van der Waals surface area (Å²) in [5.41, 5.74) is 1.82. The van der Waals surface area contributed by atoms with Gasteiger partial charge in [-0.1, -0.05) is 6.07 Å². The van der Waals surface area contributed by atoms with Gasteiger partial charge in [-0.15, -0.1) is 5.10 Å². The number of hydrogen-bond donors (Lipinski definition) is 0. The van der Waals surface area contributed by atoms with E-state index in [1.54, 1.807) is 6.20 Å². The number of amides is 1. The van der Waals surface area contributed by atoms with Crippen molar-refractivity contribution in [1.82, 2.24) is 15.1 Å². The van der Waals surface area contributed by atoms with Gasteiger partial charge in [-0.3, -0.25) is 4.79 Å². The molecular weight excluding hydrogens is 457 g/mol. The highest BCUT2D eigenvalue weighted by atomic mass is 127. The molecule has 2 aliphatic heterocycles. The average molecular weight is 479 g/mol. The highest BCUT2D eigenvalue weighted by molar-refractivity contribution is 14.1. The molecule has 0 saturated carbocycles. The number of morpholine rings is 1. The first-order valence-corrected chi connectivity index (χ1v) is 10.2. The van der Waals surface area contributed by atoms with Crippen molar-refractivity contribution in [2.75, 3.05) is 62.3 Å². The summed E-state index contributed by atoms with van der Waals surface area (Å²) in [5, 5.41) is 8.47. The van der Waals surface area contributed by atoms with E-state index in [0.717, 1.165) is 60.0 Å². The van der Waals surface area contributed by atoms with Gasteiger partial charge in [0.1, 0.15) is 0 Å². The van der Waals surface area contributed by atoms with E-state index < -0.39 is 0 Å². The summed E-state index contributed by atoms with van der Waals surface area (Å²) >= 11 is 2.24. The van der Waals surface area contributed by atoms with Crippen LogP contribution in [0, 0.1) is 3.57 Å². The fourth-order valence-corrected chi connectivity index (χ4v) is 3.98. The van der Waals surface area contributed by atoms with Crippen molar-refractivity contribution in [3.05, 3.63) is 45.7 Å². The van der Waals surface area contributed by atoms with Gasteiger partial charge in [0, 0.05) is 54.5 Å². The van der Waals surface area contributed by atoms with E-state index in [0.29, 0.717) is 13.1 Å². The lowest BCUT2D eigenvalue weighted by Gasteiger charge is -2.36. The molecule has 8 heteroatoms. The van der Waals surface area contributed by atoms with Crippen LogP contribution in [0.3, 0.4) is 0 Å². The average Bonchev–Trinajstić information content (AvgIpc) is 2.74. The van der Waals surface area contributed by atoms with E-state index >= 15 is 0 Å². The van der Waals surface area contributed by atoms with E-state index in [1.165, 1.54) is 0 Å². The van der Waals surface area contributed by atoms with Gasteiger partial charge in [0.25, 0.3) is 5.91 Å². The summed E-state index contributed by atoms with van der Waals surface area (Å²) in [6.07, 6.45) is 1.81. The largest absolute Gasteiger partial charge is 0.378 e. The van der Waals surface area contributed by atoms with Crippen molar-refractivity contribution in [2.24, 2.45) is 0 Å². The topological polar surface area (TPSA) is 61.8 Å². The predicted molar refractivity (Wildman–Crippen MR) is 112 cm³/mol. The molecule has 2 saturated heterocycles. The zero-order chi connectivity index (χ0) is 18.6. The number of benzene rings is 1. The number of halogens is 1. The first-order chi connectivity index (χ1) is 13.2. The van der Waals surface area contributed by atoms with E-state index in [9.17, 15) is 4.79 Å². The molecule has 2 aliphatic rings. The maximum atomic E-state index is 12.7. The number of carbonyl (C=O) groups excluding carboxylic acids is 1. The highest BCUT2D eigenvalue weighted by Gasteiger charge is 2.23. The van der Waals surface area contributed by atoms with Crippen LogP contribution < -0.4 is 9.80 Å². The van der Waals surface area contributed by atoms with Gasteiger partial charge in [-0.25, -0.2) is 0 Å². The Labute approximate surface area is 172 Å². The third-order valence-corrected chi connectivity index (χ3v) is 5.64. The Hall–Kier alpha value is -1.94. The lowest BCUT2D eigenvalue weighted by molar-refractivity contribution is 0.0746. The molecule has 7 nitrogen and oxygen atoms in total. The van der Waals surface area contributed by atoms with Gasteiger partial charge in [0.2, 0.25) is 0 Å². The zero-order valence-corrected chi connectivity index (χ0v) is 17.2. The van der Waals surface area contributed by atoms with Crippen molar-refractivity contribution in [3.8, 4) is 0 Å². The van der Waals surface area contributed by atoms with Gasteiger partial charge in [-0.05, 0) is 40.8 Å². The van der Waals surface area contributed by atoms with E-state index in [2.05, 4.69) is 48.7 Å². The molecule has 2 fully saturated rings. The standard InChI is InChI=1S/C19H22IN5O2/c20-16-3-1-2-15(12-16)19(26)25-6-4-23(5-7-25)17-13-18(22-21-14-17)24-8-10-27-11-9-24/h1-3,12-14H,4-11H2. The van der Waals surface area contributed by atoms with Crippen LogP contribution in [0.5, 0.6) is 0 Å². The second kappa shape index (κ2) is 8.39. The SMILES string of the molecule is O=C(c1cccc(I)c1)N1CCN(c2cnnc(N3CCOCC3)c2)CC1. The summed E-state index contributed by atoms with van der Waals surface area (Å²) in [5.74, 6) is 1.00. The van der Waals surface area contributed by atoms with Crippen molar-refractivity contribution in [1.29, 1.82) is 0 Å². The molecule has 1 amide bonds. The fraction of sp³-hybridized carbons (Fsp3) is 0.421. The lowest BCUT2D eigenvalue weighted by Crippen LogP contribution is -2.49. The van der Waals surface area contributed by atoms with Crippen LogP contribution in [-0.4, -0.2) is 73.5 Å². The van der Waals surface area contributed by atoms with Crippen LogP contribution in [0.15, 0.2) is 36.5 Å². The molecule has 142 valence electrons. The van der Waals surface area contributed by atoms with Crippen molar-refractivity contribution >= 4 is 40.0 Å². The summed E-state index contributed by atoms with van der Waals surface area (Å²) in [4.78, 5) is 19.1. The lowest BCUT2D eigenvalue weighted by atomic mass is 10.2. The molecule has 1 aromatic heterocycles. The van der Waals surface area contributed by atoms with Crippen LogP contribution in [0.2, 0.25) is 0 Å². The van der Waals surface area contributed by atoms with E-state index in [4.69, 9.17) is 4.74 Å². The minimum atomic E-state index is 0.107. The second-order valence-corrected chi connectivity index (χ2v) is 7.91. The van der Waals surface area contributed by atoms with Gasteiger partial charge in [0.15, 0.2) is 5.82 Å². The molecule has 0 bridgehead atoms. The minimum absolute atomic E-state index is 0.107. The smallest absolute Gasteiger partial charge is 0.254 e. The first-order valence-electron chi connectivity index (χ1n) is 9.16. The third kappa shape index (κ3) is 4.32. The Balaban J connectivity index is 1.40. The number of carbonyl (C=O) groups is 1. The van der Waals surface area contributed by atoms with Gasteiger partial charge >= 0.3 is 0 Å². The van der Waals surface area contributed by atoms with Crippen molar-refractivity contribution in [3.63, 3.8) is 0 Å². The third-order valence-electron chi connectivity index (χ3n) is 4.97. The zero-order valence-electron chi connectivity index (χ0n) is 15.1. The molecular formula is C19H22IN5O2. The number of aromatic nitrogens is 2. The molecule has 0 atom stereocenters. The van der Waals surface area contributed by atoms with Crippen LogP contribution in [0.25, 0.3) is 0 Å². The summed E-state index contributed by atoms with van der Waals surface area (Å²) in [6.45, 7) is 6.15. The van der Waals surface area contributed by atoms with Gasteiger partial charge in [-0.2, -0.15) is 5.10 Å². The highest BCUT2D eigenvalue weighted by Crippen LogP contribution is 2.21. The normalized spacial score (nSPS) is 17.9. The van der Waals surface area contributed by atoms with E-state index in [1.807, 2.05) is 29.2 Å². The number of hydrogen-bond acceptors (Lipinski definition) is 6. The molecule has 0 spiro atoms. The number of anilines is 2. The number of piperazine rings is 1. The minimum Gasteiger partial charge on any atom is -0.378 e. The fourth-order valence-electron chi connectivity index (χ4n) is 3.44. The van der Waals surface area contributed by atoms with Gasteiger partial charge < -0.3 is 19.4 Å². The molecule has 2 aromatic rings. The van der Waals surface area contributed by atoms with E-state index in [-0.39, 0.29) is 5.91 Å². The molecule has 3 heterocycles. The quantitative estimate of drug-likeness (QED) is 0.627. The number of rotatable bonds is 3. The van der Waals surface area contributed by atoms with Crippen molar-refractivity contribution < 1.29 is 9.53 Å².